The van der Waals surface area contributed by atoms with Crippen LogP contribution in [0.4, 0.5) is 0 Å². The molecule has 53 valence electrons. The fourth-order valence-corrected chi connectivity index (χ4v) is 1.01. The Kier molecular flexibility index (Phi) is 2.80. The Bertz CT molecular complexity index is 354. The molecule has 0 atom stereocenters. The number of para-hydroxylation sites is 1. The first-order valence-electron chi connectivity index (χ1n) is 3.15. The summed E-state index contributed by atoms with van der Waals surface area (Å²) in [6.07, 6.45) is 1.79. The van der Waals surface area contributed by atoms with E-state index in [0.29, 0.717) is 0 Å². The van der Waals surface area contributed by atoms with Gasteiger partial charge in [-0.1, -0.05) is 0 Å². The Balaban J connectivity index is 0.000000605. The monoisotopic (exact) mass is 220 g/mol. The second kappa shape index (κ2) is 3.46. The van der Waals surface area contributed by atoms with Gasteiger partial charge in [-0.25, -0.2) is 0 Å². The number of aryl methyl sites for hydroxylation is 1. The van der Waals surface area contributed by atoms with Gasteiger partial charge in [-0.2, -0.15) is 18.2 Å². The zero-order valence-corrected chi connectivity index (χ0v) is 9.12. The third-order valence-electron chi connectivity index (χ3n) is 1.55. The van der Waals surface area contributed by atoms with Crippen LogP contribution in [-0.4, -0.2) is 9.55 Å². The summed E-state index contributed by atoms with van der Waals surface area (Å²) < 4.78 is 1.98. The largest absolute Gasteiger partial charge is 0.387 e. The van der Waals surface area contributed by atoms with E-state index in [2.05, 4.69) is 11.1 Å². The Morgan fingerprint density at radius 2 is 2.36 bits per heavy atom. The van der Waals surface area contributed by atoms with Crippen LogP contribution in [0.3, 0.4) is 0 Å². The van der Waals surface area contributed by atoms with Crippen LogP contribution in [0.1, 0.15) is 0 Å². The minimum absolute atomic E-state index is 0. The molecule has 3 heteroatoms. The zero-order valence-electron chi connectivity index (χ0n) is 6.28. The van der Waals surface area contributed by atoms with E-state index in [4.69, 9.17) is 0 Å². The van der Waals surface area contributed by atoms with Crippen molar-refractivity contribution in [3.05, 3.63) is 30.6 Å². The van der Waals surface area contributed by atoms with Crippen LogP contribution < -0.4 is 0 Å². The van der Waals surface area contributed by atoms with Gasteiger partial charge in [0.1, 0.15) is 0 Å². The Labute approximate surface area is 90.5 Å². The van der Waals surface area contributed by atoms with Gasteiger partial charge in [-0.15, -0.1) is 6.07 Å². The first-order valence-corrected chi connectivity index (χ1v) is 3.15. The number of imidazole rings is 1. The summed E-state index contributed by atoms with van der Waals surface area (Å²) in [6, 6.07) is 8.90. The molecule has 0 saturated heterocycles. The number of hydrogen-bond acceptors (Lipinski definition) is 1. The quantitative estimate of drug-likeness (QED) is 0.613. The van der Waals surface area contributed by atoms with Crippen LogP contribution in [-0.2, 0) is 39.8 Å². The Morgan fingerprint density at radius 1 is 1.55 bits per heavy atom. The minimum Gasteiger partial charge on any atom is -0.387 e. The minimum atomic E-state index is 0. The van der Waals surface area contributed by atoms with E-state index < -0.39 is 0 Å². The van der Waals surface area contributed by atoms with E-state index in [1.165, 1.54) is 0 Å². The van der Waals surface area contributed by atoms with Gasteiger partial charge in [0.15, 0.2) is 0 Å². The van der Waals surface area contributed by atoms with E-state index in [9.17, 15) is 0 Å². The summed E-state index contributed by atoms with van der Waals surface area (Å²) in [5.74, 6) is 0. The molecular formula is C8H7N2Y-. The van der Waals surface area contributed by atoms with Gasteiger partial charge in [0.05, 0.1) is 6.33 Å². The van der Waals surface area contributed by atoms with Crippen molar-refractivity contribution >= 4 is 11.0 Å². The molecule has 0 spiro atoms. The van der Waals surface area contributed by atoms with Crippen LogP contribution >= 0.6 is 0 Å². The predicted molar refractivity (Wildman–Crippen MR) is 39.6 cm³/mol. The number of aromatic nitrogens is 2. The fraction of sp³-hybridized carbons (Fsp3) is 0.125. The van der Waals surface area contributed by atoms with Crippen molar-refractivity contribution in [2.24, 2.45) is 7.05 Å². The average molecular weight is 220 g/mol. The van der Waals surface area contributed by atoms with Gasteiger partial charge >= 0.3 is 0 Å². The van der Waals surface area contributed by atoms with Crippen LogP contribution in [0.5, 0.6) is 0 Å². The SMILES string of the molecule is Cn1cnc2[c-]cccc21.[Y]. The molecule has 0 bridgehead atoms. The maximum atomic E-state index is 4.13. The van der Waals surface area contributed by atoms with Crippen molar-refractivity contribution < 1.29 is 32.7 Å². The van der Waals surface area contributed by atoms with Gasteiger partial charge in [0, 0.05) is 39.8 Å². The number of hydrogen-bond donors (Lipinski definition) is 0. The number of rotatable bonds is 0. The third-order valence-corrected chi connectivity index (χ3v) is 1.55. The number of nitrogens with zero attached hydrogens (tertiary/aromatic N) is 2. The summed E-state index contributed by atoms with van der Waals surface area (Å²) in [6.45, 7) is 0. The molecule has 1 heterocycles. The summed E-state index contributed by atoms with van der Waals surface area (Å²) in [4.78, 5) is 4.13. The summed E-state index contributed by atoms with van der Waals surface area (Å²) in [5, 5.41) is 0. The first-order chi connectivity index (χ1) is 4.88. The Hall–Kier alpha value is -0.206. The summed E-state index contributed by atoms with van der Waals surface area (Å²) in [5.41, 5.74) is 2.06. The molecule has 0 fully saturated rings. The summed E-state index contributed by atoms with van der Waals surface area (Å²) in [7, 11) is 1.98. The van der Waals surface area contributed by atoms with Crippen molar-refractivity contribution in [3.63, 3.8) is 0 Å². The normalized spacial score (nSPS) is 9.55. The second-order valence-corrected chi connectivity index (χ2v) is 2.26. The molecule has 0 aliphatic carbocycles. The molecule has 1 aromatic heterocycles. The van der Waals surface area contributed by atoms with Gasteiger partial charge in [0.25, 0.3) is 0 Å². The standard InChI is InChI=1S/C8H7N2.Y/c1-10-6-9-7-4-2-3-5-8(7)10;/h2-3,5-6H,1H3;/q-1;. The van der Waals surface area contributed by atoms with E-state index >= 15 is 0 Å². The van der Waals surface area contributed by atoms with Crippen molar-refractivity contribution in [3.8, 4) is 0 Å². The molecule has 1 aromatic carbocycles. The van der Waals surface area contributed by atoms with Gasteiger partial charge in [-0.3, -0.25) is 4.98 Å². The molecule has 0 aliphatic rings. The molecule has 2 rings (SSSR count). The summed E-state index contributed by atoms with van der Waals surface area (Å²) >= 11 is 0. The van der Waals surface area contributed by atoms with Gasteiger partial charge in [0.2, 0.25) is 0 Å². The zero-order chi connectivity index (χ0) is 6.97. The van der Waals surface area contributed by atoms with Crippen molar-refractivity contribution in [2.75, 3.05) is 0 Å². The van der Waals surface area contributed by atoms with Crippen molar-refractivity contribution in [1.29, 1.82) is 0 Å². The molecule has 1 radical (unpaired) electrons. The molecule has 0 aliphatic heterocycles. The topological polar surface area (TPSA) is 17.8 Å². The van der Waals surface area contributed by atoms with Gasteiger partial charge in [-0.05, 0) is 11.0 Å². The maximum Gasteiger partial charge on any atom is 0.0819 e. The van der Waals surface area contributed by atoms with Crippen LogP contribution in [0, 0.1) is 6.07 Å². The smallest absolute Gasteiger partial charge is 0.0819 e. The van der Waals surface area contributed by atoms with Crippen LogP contribution in [0.25, 0.3) is 11.0 Å². The van der Waals surface area contributed by atoms with E-state index in [-0.39, 0.29) is 32.7 Å². The van der Waals surface area contributed by atoms with E-state index in [1.807, 2.05) is 29.8 Å². The number of benzene rings is 1. The van der Waals surface area contributed by atoms with Crippen LogP contribution in [0.2, 0.25) is 0 Å². The molecule has 0 N–H and O–H groups in total. The van der Waals surface area contributed by atoms with Crippen molar-refractivity contribution in [2.45, 2.75) is 0 Å². The number of fused-ring (bicyclic) bond motifs is 1. The Morgan fingerprint density at radius 3 is 3.09 bits per heavy atom. The fourth-order valence-electron chi connectivity index (χ4n) is 1.01. The maximum absolute atomic E-state index is 4.13. The molecule has 2 nitrogen and oxygen atoms in total. The molecule has 0 amide bonds. The van der Waals surface area contributed by atoms with Crippen LogP contribution in [0.15, 0.2) is 24.5 Å². The average Bonchev–Trinajstić information content (AvgIpc) is 2.34. The molecule has 2 aromatic rings. The molecular weight excluding hydrogens is 213 g/mol. The third kappa shape index (κ3) is 1.52. The van der Waals surface area contributed by atoms with Crippen molar-refractivity contribution in [1.82, 2.24) is 9.55 Å². The molecule has 0 saturated carbocycles. The first kappa shape index (κ1) is 8.89. The van der Waals surface area contributed by atoms with E-state index in [1.54, 1.807) is 6.33 Å². The van der Waals surface area contributed by atoms with E-state index in [0.717, 1.165) is 11.0 Å². The van der Waals surface area contributed by atoms with Gasteiger partial charge < -0.3 is 4.57 Å². The molecule has 11 heavy (non-hydrogen) atoms. The second-order valence-electron chi connectivity index (χ2n) is 2.26. The molecule has 0 unspecified atom stereocenters. The predicted octanol–water partition coefficient (Wildman–Crippen LogP) is 1.37.